The minimum Gasteiger partial charge on any atom is -0.445 e. The fourth-order valence-electron chi connectivity index (χ4n) is 1.70. The van der Waals surface area contributed by atoms with E-state index in [2.05, 4.69) is 17.2 Å². The van der Waals surface area contributed by atoms with Gasteiger partial charge in [-0.1, -0.05) is 12.1 Å². The van der Waals surface area contributed by atoms with E-state index in [1.807, 2.05) is 7.05 Å². The predicted molar refractivity (Wildman–Crippen MR) is 67.9 cm³/mol. The first-order chi connectivity index (χ1) is 8.67. The SMILES string of the molecule is CNC(C)Cc1cnc(Cc2ccc(F)cc2)o1. The first-order valence-corrected chi connectivity index (χ1v) is 6.02. The molecule has 1 aromatic carbocycles. The van der Waals surface area contributed by atoms with Crippen molar-refractivity contribution in [3.05, 3.63) is 53.5 Å². The maximum Gasteiger partial charge on any atom is 0.198 e. The number of likely N-dealkylation sites (N-methyl/N-ethyl adjacent to an activating group) is 1. The molecule has 18 heavy (non-hydrogen) atoms. The molecule has 2 aromatic rings. The molecule has 0 saturated heterocycles. The second kappa shape index (κ2) is 5.78. The number of hydrogen-bond donors (Lipinski definition) is 1. The van der Waals surface area contributed by atoms with E-state index in [0.29, 0.717) is 18.4 Å². The van der Waals surface area contributed by atoms with Gasteiger partial charge in [-0.25, -0.2) is 9.37 Å². The Kier molecular flexibility index (Phi) is 4.10. The van der Waals surface area contributed by atoms with Gasteiger partial charge < -0.3 is 9.73 Å². The third-order valence-electron chi connectivity index (χ3n) is 2.87. The summed E-state index contributed by atoms with van der Waals surface area (Å²) in [4.78, 5) is 4.23. The van der Waals surface area contributed by atoms with Gasteiger partial charge in [0.2, 0.25) is 0 Å². The summed E-state index contributed by atoms with van der Waals surface area (Å²) in [5, 5.41) is 3.15. The molecule has 1 aromatic heterocycles. The van der Waals surface area contributed by atoms with Crippen LogP contribution in [-0.2, 0) is 12.8 Å². The number of halogens is 1. The fourth-order valence-corrected chi connectivity index (χ4v) is 1.70. The van der Waals surface area contributed by atoms with Crippen LogP contribution in [0.4, 0.5) is 4.39 Å². The smallest absolute Gasteiger partial charge is 0.198 e. The van der Waals surface area contributed by atoms with Crippen molar-refractivity contribution in [1.29, 1.82) is 0 Å². The van der Waals surface area contributed by atoms with Gasteiger partial charge in [-0.3, -0.25) is 0 Å². The van der Waals surface area contributed by atoms with Gasteiger partial charge >= 0.3 is 0 Å². The van der Waals surface area contributed by atoms with Gasteiger partial charge in [0.05, 0.1) is 6.20 Å². The third-order valence-corrected chi connectivity index (χ3v) is 2.87. The van der Waals surface area contributed by atoms with Crippen LogP contribution >= 0.6 is 0 Å². The summed E-state index contributed by atoms with van der Waals surface area (Å²) < 4.78 is 18.4. The van der Waals surface area contributed by atoms with Gasteiger partial charge in [-0.05, 0) is 31.7 Å². The molecule has 0 amide bonds. The Hall–Kier alpha value is -1.68. The number of nitrogens with one attached hydrogen (secondary N) is 1. The molecule has 0 saturated carbocycles. The lowest BCUT2D eigenvalue weighted by Crippen LogP contribution is -2.23. The highest BCUT2D eigenvalue weighted by atomic mass is 19.1. The average molecular weight is 248 g/mol. The Labute approximate surface area is 106 Å². The lowest BCUT2D eigenvalue weighted by molar-refractivity contribution is 0.440. The third kappa shape index (κ3) is 3.40. The van der Waals surface area contributed by atoms with Crippen molar-refractivity contribution in [3.8, 4) is 0 Å². The number of hydrogen-bond acceptors (Lipinski definition) is 3. The van der Waals surface area contributed by atoms with E-state index in [4.69, 9.17) is 4.42 Å². The molecule has 1 unspecified atom stereocenters. The quantitative estimate of drug-likeness (QED) is 0.883. The zero-order valence-corrected chi connectivity index (χ0v) is 10.6. The Morgan fingerprint density at radius 2 is 2.06 bits per heavy atom. The second-order valence-electron chi connectivity index (χ2n) is 4.42. The molecule has 0 spiro atoms. The molecule has 0 aliphatic rings. The molecular formula is C14H17FN2O. The highest BCUT2D eigenvalue weighted by Gasteiger charge is 2.08. The summed E-state index contributed by atoms with van der Waals surface area (Å²) in [6.07, 6.45) is 3.16. The van der Waals surface area contributed by atoms with E-state index in [1.165, 1.54) is 12.1 Å². The lowest BCUT2D eigenvalue weighted by atomic mass is 10.1. The highest BCUT2D eigenvalue weighted by molar-refractivity contribution is 5.19. The number of nitrogens with zero attached hydrogens (tertiary/aromatic N) is 1. The van der Waals surface area contributed by atoms with Gasteiger partial charge in [0.1, 0.15) is 11.6 Å². The number of rotatable bonds is 5. The van der Waals surface area contributed by atoms with Crippen molar-refractivity contribution in [2.45, 2.75) is 25.8 Å². The minimum atomic E-state index is -0.227. The molecule has 0 bridgehead atoms. The van der Waals surface area contributed by atoms with Gasteiger partial charge in [0.25, 0.3) is 0 Å². The van der Waals surface area contributed by atoms with Crippen LogP contribution in [0.2, 0.25) is 0 Å². The Morgan fingerprint density at radius 1 is 1.33 bits per heavy atom. The van der Waals surface area contributed by atoms with E-state index >= 15 is 0 Å². The Balaban J connectivity index is 2.00. The monoisotopic (exact) mass is 248 g/mol. The van der Waals surface area contributed by atoms with Crippen LogP contribution in [-0.4, -0.2) is 18.1 Å². The molecule has 0 fully saturated rings. The summed E-state index contributed by atoms with van der Waals surface area (Å²) >= 11 is 0. The summed E-state index contributed by atoms with van der Waals surface area (Å²) in [5.74, 6) is 1.31. The zero-order chi connectivity index (χ0) is 13.0. The first-order valence-electron chi connectivity index (χ1n) is 6.02. The molecule has 3 nitrogen and oxygen atoms in total. The summed E-state index contributed by atoms with van der Waals surface area (Å²) in [6, 6.07) is 6.74. The van der Waals surface area contributed by atoms with Gasteiger partial charge in [0.15, 0.2) is 5.89 Å². The first kappa shape index (κ1) is 12.8. The largest absolute Gasteiger partial charge is 0.445 e. The summed E-state index contributed by atoms with van der Waals surface area (Å²) in [5.41, 5.74) is 0.992. The standard InChI is InChI=1S/C14H17FN2O/c1-10(16-2)7-13-9-17-14(18-13)8-11-3-5-12(15)6-4-11/h3-6,9-10,16H,7-8H2,1-2H3. The van der Waals surface area contributed by atoms with Crippen LogP contribution in [0.1, 0.15) is 24.1 Å². The van der Waals surface area contributed by atoms with Crippen LogP contribution < -0.4 is 5.32 Å². The van der Waals surface area contributed by atoms with Crippen molar-refractivity contribution in [2.24, 2.45) is 0 Å². The molecule has 1 heterocycles. The van der Waals surface area contributed by atoms with Crippen LogP contribution in [0.3, 0.4) is 0 Å². The van der Waals surface area contributed by atoms with Gasteiger partial charge in [-0.2, -0.15) is 0 Å². The van der Waals surface area contributed by atoms with Crippen LogP contribution in [0.5, 0.6) is 0 Å². The second-order valence-corrected chi connectivity index (χ2v) is 4.42. The number of aromatic nitrogens is 1. The van der Waals surface area contributed by atoms with E-state index in [-0.39, 0.29) is 5.82 Å². The fraction of sp³-hybridized carbons (Fsp3) is 0.357. The van der Waals surface area contributed by atoms with E-state index in [9.17, 15) is 4.39 Å². The molecule has 0 aliphatic carbocycles. The predicted octanol–water partition coefficient (Wildman–Crippen LogP) is 2.55. The van der Waals surface area contributed by atoms with E-state index < -0.39 is 0 Å². The molecule has 4 heteroatoms. The van der Waals surface area contributed by atoms with Crippen molar-refractivity contribution >= 4 is 0 Å². The molecule has 96 valence electrons. The molecule has 2 rings (SSSR count). The van der Waals surface area contributed by atoms with Crippen LogP contribution in [0.25, 0.3) is 0 Å². The van der Waals surface area contributed by atoms with E-state index in [1.54, 1.807) is 18.3 Å². The Bertz CT molecular complexity index is 493. The maximum absolute atomic E-state index is 12.8. The Morgan fingerprint density at radius 3 is 2.72 bits per heavy atom. The number of oxazole rings is 1. The summed E-state index contributed by atoms with van der Waals surface area (Å²) in [7, 11) is 1.92. The van der Waals surface area contributed by atoms with Crippen LogP contribution in [0.15, 0.2) is 34.9 Å². The zero-order valence-electron chi connectivity index (χ0n) is 10.6. The van der Waals surface area contributed by atoms with Crippen LogP contribution in [0, 0.1) is 5.82 Å². The van der Waals surface area contributed by atoms with Crippen molar-refractivity contribution in [1.82, 2.24) is 10.3 Å². The molecular weight excluding hydrogens is 231 g/mol. The molecule has 0 aliphatic heterocycles. The van der Waals surface area contributed by atoms with Crippen molar-refractivity contribution in [2.75, 3.05) is 7.05 Å². The van der Waals surface area contributed by atoms with Crippen molar-refractivity contribution < 1.29 is 8.81 Å². The topological polar surface area (TPSA) is 38.1 Å². The molecule has 0 radical (unpaired) electrons. The van der Waals surface area contributed by atoms with E-state index in [0.717, 1.165) is 17.7 Å². The normalized spacial score (nSPS) is 12.6. The van der Waals surface area contributed by atoms with Gasteiger partial charge in [0, 0.05) is 18.9 Å². The number of benzene rings is 1. The minimum absolute atomic E-state index is 0.227. The highest BCUT2D eigenvalue weighted by Crippen LogP contribution is 2.12. The van der Waals surface area contributed by atoms with Crippen molar-refractivity contribution in [3.63, 3.8) is 0 Å². The van der Waals surface area contributed by atoms with Gasteiger partial charge in [-0.15, -0.1) is 0 Å². The maximum atomic E-state index is 12.8. The molecule has 1 N–H and O–H groups in total. The lowest BCUT2D eigenvalue weighted by Gasteiger charge is -2.06. The average Bonchev–Trinajstić information content (AvgIpc) is 2.79. The molecule has 1 atom stereocenters. The summed E-state index contributed by atoms with van der Waals surface area (Å²) in [6.45, 7) is 2.09.